The summed E-state index contributed by atoms with van der Waals surface area (Å²) in [7, 11) is 0. The molecule has 0 bridgehead atoms. The Labute approximate surface area is 201 Å². The van der Waals surface area contributed by atoms with E-state index in [1.54, 1.807) is 22.9 Å². The highest BCUT2D eigenvalue weighted by Gasteiger charge is 2.11. The molecule has 2 heterocycles. The van der Waals surface area contributed by atoms with E-state index in [0.717, 1.165) is 21.0 Å². The van der Waals surface area contributed by atoms with Gasteiger partial charge in [-0.05, 0) is 70.5 Å². The number of hydrogen-bond donors (Lipinski definition) is 2. The van der Waals surface area contributed by atoms with Crippen molar-refractivity contribution >= 4 is 78.9 Å². The minimum atomic E-state index is -0.390. The number of rotatable bonds is 4. The maximum absolute atomic E-state index is 11.6. The Bertz CT molecular complexity index is 1370. The van der Waals surface area contributed by atoms with Gasteiger partial charge in [-0.1, -0.05) is 29.3 Å². The molecule has 0 saturated heterocycles. The zero-order valence-corrected chi connectivity index (χ0v) is 20.0. The van der Waals surface area contributed by atoms with E-state index >= 15 is 0 Å². The molecule has 0 amide bonds. The summed E-state index contributed by atoms with van der Waals surface area (Å²) < 4.78 is 7.78. The van der Waals surface area contributed by atoms with E-state index in [1.807, 2.05) is 31.3 Å². The SMILES string of the molecule is Cc1cc(=O)oc2cc(NC(=S)Nc3nn(Cc4ccc(Cl)c(Cl)c4)cc3Br)ccc12. The number of fused-ring (bicyclic) bond motifs is 1. The summed E-state index contributed by atoms with van der Waals surface area (Å²) in [5.41, 5.74) is 2.61. The predicted molar refractivity (Wildman–Crippen MR) is 133 cm³/mol. The maximum Gasteiger partial charge on any atom is 0.336 e. The van der Waals surface area contributed by atoms with Crippen LogP contribution >= 0.6 is 51.3 Å². The van der Waals surface area contributed by atoms with Gasteiger partial charge in [0.25, 0.3) is 0 Å². The highest BCUT2D eigenvalue weighted by molar-refractivity contribution is 9.10. The third-order valence-corrected chi connectivity index (χ3v) is 6.01. The van der Waals surface area contributed by atoms with Crippen molar-refractivity contribution in [3.63, 3.8) is 0 Å². The van der Waals surface area contributed by atoms with Crippen LogP contribution in [-0.2, 0) is 6.54 Å². The summed E-state index contributed by atoms with van der Waals surface area (Å²) in [4.78, 5) is 11.6. The van der Waals surface area contributed by atoms with Crippen molar-refractivity contribution in [3.8, 4) is 0 Å². The van der Waals surface area contributed by atoms with E-state index in [9.17, 15) is 4.79 Å². The Hall–Kier alpha value is -2.39. The van der Waals surface area contributed by atoms with Crippen LogP contribution in [0.2, 0.25) is 10.0 Å². The molecule has 0 aliphatic heterocycles. The molecule has 0 unspecified atom stereocenters. The molecule has 4 rings (SSSR count). The van der Waals surface area contributed by atoms with Crippen molar-refractivity contribution < 1.29 is 4.42 Å². The first-order valence-electron chi connectivity index (χ1n) is 9.08. The number of nitrogens with one attached hydrogen (secondary N) is 2. The minimum absolute atomic E-state index is 0.342. The largest absolute Gasteiger partial charge is 0.423 e. The molecule has 2 N–H and O–H groups in total. The zero-order chi connectivity index (χ0) is 22.1. The Morgan fingerprint density at radius 2 is 1.97 bits per heavy atom. The molecule has 10 heteroatoms. The van der Waals surface area contributed by atoms with Crippen molar-refractivity contribution in [2.24, 2.45) is 0 Å². The number of aromatic nitrogens is 2. The quantitative estimate of drug-likeness (QED) is 0.238. The second kappa shape index (κ2) is 9.00. The van der Waals surface area contributed by atoms with Crippen LogP contribution < -0.4 is 16.3 Å². The molecule has 31 heavy (non-hydrogen) atoms. The van der Waals surface area contributed by atoms with Gasteiger partial charge in [-0.2, -0.15) is 5.10 Å². The fourth-order valence-corrected chi connectivity index (χ4v) is 4.01. The summed E-state index contributed by atoms with van der Waals surface area (Å²) in [6, 6.07) is 12.4. The van der Waals surface area contributed by atoms with Crippen LogP contribution in [0.1, 0.15) is 11.1 Å². The fourth-order valence-electron chi connectivity index (χ4n) is 3.06. The Morgan fingerprint density at radius 1 is 1.16 bits per heavy atom. The van der Waals surface area contributed by atoms with Gasteiger partial charge in [0.2, 0.25) is 0 Å². The summed E-state index contributed by atoms with van der Waals surface area (Å²) >= 11 is 20.9. The van der Waals surface area contributed by atoms with Gasteiger partial charge in [0, 0.05) is 29.4 Å². The molecule has 6 nitrogen and oxygen atoms in total. The number of aryl methyl sites for hydroxylation is 1. The predicted octanol–water partition coefficient (Wildman–Crippen LogP) is 6.22. The zero-order valence-electron chi connectivity index (χ0n) is 16.1. The smallest absolute Gasteiger partial charge is 0.336 e. The third-order valence-electron chi connectivity index (χ3n) is 4.49. The van der Waals surface area contributed by atoms with Crippen LogP contribution in [0.25, 0.3) is 11.0 Å². The monoisotopic (exact) mass is 536 g/mol. The Morgan fingerprint density at radius 3 is 2.74 bits per heavy atom. The minimum Gasteiger partial charge on any atom is -0.423 e. The molecule has 4 aromatic rings. The molecule has 0 atom stereocenters. The normalized spacial score (nSPS) is 11.0. The number of nitrogens with zero attached hydrogens (tertiary/aromatic N) is 2. The van der Waals surface area contributed by atoms with Gasteiger partial charge in [-0.15, -0.1) is 0 Å². The third kappa shape index (κ3) is 5.10. The van der Waals surface area contributed by atoms with Crippen LogP contribution in [-0.4, -0.2) is 14.9 Å². The first kappa shape index (κ1) is 21.8. The van der Waals surface area contributed by atoms with E-state index < -0.39 is 0 Å². The fraction of sp³-hybridized carbons (Fsp3) is 0.0952. The maximum atomic E-state index is 11.6. The van der Waals surface area contributed by atoms with Gasteiger partial charge in [-0.3, -0.25) is 4.68 Å². The molecule has 0 saturated carbocycles. The van der Waals surface area contributed by atoms with E-state index in [0.29, 0.717) is 38.8 Å². The van der Waals surface area contributed by atoms with Crippen LogP contribution in [0, 0.1) is 6.92 Å². The standard InChI is InChI=1S/C21H15BrCl2N4O2S/c1-11-6-19(29)30-18-8-13(3-4-14(11)18)25-21(31)26-20-15(22)10-28(27-20)9-12-2-5-16(23)17(24)7-12/h2-8,10H,9H2,1H3,(H2,25,26,27,31). The van der Waals surface area contributed by atoms with Gasteiger partial charge >= 0.3 is 5.63 Å². The topological polar surface area (TPSA) is 72.1 Å². The average Bonchev–Trinajstić information content (AvgIpc) is 3.03. The molecule has 2 aromatic carbocycles. The van der Waals surface area contributed by atoms with Gasteiger partial charge in [0.05, 0.1) is 21.1 Å². The van der Waals surface area contributed by atoms with Gasteiger partial charge in [0.1, 0.15) is 5.58 Å². The van der Waals surface area contributed by atoms with Crippen molar-refractivity contribution in [2.75, 3.05) is 10.6 Å². The van der Waals surface area contributed by atoms with Gasteiger partial charge in [0.15, 0.2) is 10.9 Å². The number of thiocarbonyl (C=S) groups is 1. The summed E-state index contributed by atoms with van der Waals surface area (Å²) in [5.74, 6) is 0.556. The molecule has 2 aromatic heterocycles. The molecule has 0 aliphatic rings. The highest BCUT2D eigenvalue weighted by Crippen LogP contribution is 2.25. The number of benzene rings is 2. The molecule has 0 fully saturated rings. The van der Waals surface area contributed by atoms with Crippen LogP contribution in [0.3, 0.4) is 0 Å². The molecule has 158 valence electrons. The van der Waals surface area contributed by atoms with Crippen molar-refractivity contribution in [2.45, 2.75) is 13.5 Å². The van der Waals surface area contributed by atoms with Crippen LogP contribution in [0.4, 0.5) is 11.5 Å². The number of anilines is 2. The molecule has 0 radical (unpaired) electrons. The lowest BCUT2D eigenvalue weighted by Gasteiger charge is -2.10. The van der Waals surface area contributed by atoms with E-state index in [-0.39, 0.29) is 5.63 Å². The van der Waals surface area contributed by atoms with Crippen molar-refractivity contribution in [1.82, 2.24) is 9.78 Å². The summed E-state index contributed by atoms with van der Waals surface area (Å²) in [5, 5.41) is 12.9. The Balaban J connectivity index is 1.47. The van der Waals surface area contributed by atoms with Gasteiger partial charge in [-0.25, -0.2) is 4.79 Å². The van der Waals surface area contributed by atoms with Crippen LogP contribution in [0.15, 0.2) is 62.3 Å². The second-order valence-corrected chi connectivity index (χ2v) is 8.89. The van der Waals surface area contributed by atoms with Crippen LogP contribution in [0.5, 0.6) is 0 Å². The molecular formula is C21H15BrCl2N4O2S. The van der Waals surface area contributed by atoms with E-state index in [1.165, 1.54) is 6.07 Å². The molecular weight excluding hydrogens is 523 g/mol. The lowest BCUT2D eigenvalue weighted by Crippen LogP contribution is -2.19. The molecule has 0 spiro atoms. The number of hydrogen-bond acceptors (Lipinski definition) is 4. The lowest BCUT2D eigenvalue weighted by atomic mass is 10.1. The van der Waals surface area contributed by atoms with Gasteiger partial charge < -0.3 is 15.1 Å². The first-order chi connectivity index (χ1) is 14.8. The van der Waals surface area contributed by atoms with Crippen molar-refractivity contribution in [3.05, 3.63) is 84.7 Å². The van der Waals surface area contributed by atoms with Crippen molar-refractivity contribution in [1.29, 1.82) is 0 Å². The Kier molecular flexibility index (Phi) is 6.34. The summed E-state index contributed by atoms with van der Waals surface area (Å²) in [6.45, 7) is 2.38. The second-order valence-electron chi connectivity index (χ2n) is 6.81. The summed E-state index contributed by atoms with van der Waals surface area (Å²) in [6.07, 6.45) is 1.83. The number of halogens is 3. The lowest BCUT2D eigenvalue weighted by molar-refractivity contribution is 0.560. The van der Waals surface area contributed by atoms with E-state index in [2.05, 4.69) is 31.7 Å². The molecule has 0 aliphatic carbocycles. The average molecular weight is 538 g/mol. The highest BCUT2D eigenvalue weighted by atomic mass is 79.9. The first-order valence-corrected chi connectivity index (χ1v) is 11.0. The van der Waals surface area contributed by atoms with E-state index in [4.69, 9.17) is 39.8 Å².